The van der Waals surface area contributed by atoms with E-state index in [1.165, 1.54) is 15.6 Å². The molecule has 0 radical (unpaired) electrons. The van der Waals surface area contributed by atoms with Crippen molar-refractivity contribution in [1.29, 1.82) is 0 Å². The Hall–Kier alpha value is -2.19. The van der Waals surface area contributed by atoms with Gasteiger partial charge in [0.1, 0.15) is 0 Å². The molecule has 0 amide bonds. The third-order valence-corrected chi connectivity index (χ3v) is 10.2. The first-order chi connectivity index (χ1) is 12.3. The second kappa shape index (κ2) is 8.77. The Bertz CT molecular complexity index is 815. The molecule has 0 aromatic heterocycles. The quantitative estimate of drug-likeness (QED) is 0.347. The maximum atomic E-state index is 11.5. The van der Waals surface area contributed by atoms with Crippen LogP contribution in [-0.4, -0.2) is 5.97 Å². The molecule has 0 atom stereocenters. The maximum absolute atomic E-state index is 11.5. The molecular formula is C22H18HgO2. The van der Waals surface area contributed by atoms with Gasteiger partial charge in [0.25, 0.3) is 0 Å². The van der Waals surface area contributed by atoms with Crippen LogP contribution in [0.4, 0.5) is 0 Å². The molecule has 0 aliphatic carbocycles. The number of benzene rings is 3. The minimum atomic E-state index is -2.10. The van der Waals surface area contributed by atoms with Gasteiger partial charge in [-0.3, -0.25) is 0 Å². The molecule has 0 bridgehead atoms. The molecule has 3 aromatic rings. The first-order valence-corrected chi connectivity index (χ1v) is 13.3. The fourth-order valence-corrected chi connectivity index (χ4v) is 7.90. The van der Waals surface area contributed by atoms with Crippen molar-refractivity contribution in [3.05, 3.63) is 108 Å². The molecule has 0 spiro atoms. The van der Waals surface area contributed by atoms with E-state index < -0.39 is 25.0 Å². The average molecular weight is 515 g/mol. The van der Waals surface area contributed by atoms with E-state index in [0.717, 1.165) is 16.7 Å². The number of carbonyl (C=O) groups is 1. The Kier molecular flexibility index (Phi) is 6.18. The van der Waals surface area contributed by atoms with E-state index in [1.54, 1.807) is 0 Å². The summed E-state index contributed by atoms with van der Waals surface area (Å²) in [6, 6.07) is 31.0. The van der Waals surface area contributed by atoms with Crippen molar-refractivity contribution < 1.29 is 32.5 Å². The van der Waals surface area contributed by atoms with Crippen LogP contribution in [0, 0.1) is 0 Å². The number of rotatable bonds is 5. The van der Waals surface area contributed by atoms with Gasteiger partial charge in [0.2, 0.25) is 0 Å². The molecular weight excluding hydrogens is 497 g/mol. The molecule has 0 saturated carbocycles. The SMILES string of the molecule is CC(=O)[O][Hg][C](=C(c1ccccc1)c1ccccc1)c1ccccc1. The number of carbonyl (C=O) groups excluding carboxylic acids is 1. The molecule has 120 valence electrons. The van der Waals surface area contributed by atoms with E-state index >= 15 is 0 Å². The van der Waals surface area contributed by atoms with Crippen molar-refractivity contribution in [2.24, 2.45) is 0 Å². The molecule has 0 aliphatic rings. The predicted octanol–water partition coefficient (Wildman–Crippen LogP) is 5.16. The fourth-order valence-electron chi connectivity index (χ4n) is 2.84. The van der Waals surface area contributed by atoms with Gasteiger partial charge in [-0.2, -0.15) is 0 Å². The molecule has 0 unspecified atom stereocenters. The van der Waals surface area contributed by atoms with Crippen LogP contribution in [0.5, 0.6) is 0 Å². The van der Waals surface area contributed by atoms with Crippen molar-refractivity contribution in [3.8, 4) is 0 Å². The molecule has 3 rings (SSSR count). The molecule has 0 aliphatic heterocycles. The van der Waals surface area contributed by atoms with E-state index in [-0.39, 0.29) is 5.97 Å². The van der Waals surface area contributed by atoms with Crippen molar-refractivity contribution in [2.45, 2.75) is 6.92 Å². The van der Waals surface area contributed by atoms with Crippen molar-refractivity contribution in [1.82, 2.24) is 0 Å². The van der Waals surface area contributed by atoms with Gasteiger partial charge in [0.15, 0.2) is 0 Å². The van der Waals surface area contributed by atoms with Gasteiger partial charge >= 0.3 is 162 Å². The summed E-state index contributed by atoms with van der Waals surface area (Å²) in [4.78, 5) is 11.5. The first-order valence-electron chi connectivity index (χ1n) is 8.28. The topological polar surface area (TPSA) is 26.3 Å². The summed E-state index contributed by atoms with van der Waals surface area (Å²) in [5.41, 5.74) is 4.63. The van der Waals surface area contributed by atoms with Crippen molar-refractivity contribution in [2.75, 3.05) is 0 Å². The minimum absolute atomic E-state index is 0.185. The molecule has 3 aromatic carbocycles. The standard InChI is InChI=1S/C20H15.C2H4O2.Hg/c1-4-10-17(11-5-1)16-20(18-12-6-2-7-13-18)19-14-8-3-9-15-19;1-2(3)4;/h1-15H;1H3,(H,3,4);/q;;+1/p-1. The molecule has 2 nitrogen and oxygen atoms in total. The van der Waals surface area contributed by atoms with Crippen LogP contribution in [0.3, 0.4) is 0 Å². The number of hydrogen-bond donors (Lipinski definition) is 0. The second-order valence-electron chi connectivity index (χ2n) is 5.73. The van der Waals surface area contributed by atoms with Gasteiger partial charge in [0, 0.05) is 0 Å². The Morgan fingerprint density at radius 2 is 1.08 bits per heavy atom. The summed E-state index contributed by atoms with van der Waals surface area (Å²) in [7, 11) is 0. The predicted molar refractivity (Wildman–Crippen MR) is 97.0 cm³/mol. The Balaban J connectivity index is 2.24. The van der Waals surface area contributed by atoms with E-state index in [1.807, 2.05) is 54.6 Å². The van der Waals surface area contributed by atoms with Gasteiger partial charge in [-0.15, -0.1) is 0 Å². The second-order valence-corrected chi connectivity index (χ2v) is 10.7. The summed E-state index contributed by atoms with van der Waals surface area (Å²) < 4.78 is 6.82. The van der Waals surface area contributed by atoms with Crippen LogP contribution >= 0.6 is 0 Å². The van der Waals surface area contributed by atoms with Gasteiger partial charge in [-0.25, -0.2) is 0 Å². The summed E-state index contributed by atoms with van der Waals surface area (Å²) in [5.74, 6) is -0.185. The van der Waals surface area contributed by atoms with Crippen LogP contribution in [0.25, 0.3) is 8.65 Å². The van der Waals surface area contributed by atoms with Gasteiger partial charge in [-0.1, -0.05) is 0 Å². The monoisotopic (exact) mass is 516 g/mol. The van der Waals surface area contributed by atoms with E-state index in [4.69, 9.17) is 2.64 Å². The summed E-state index contributed by atoms with van der Waals surface area (Å²) in [5, 5.41) is 0. The number of hydrogen-bond acceptors (Lipinski definition) is 2. The zero-order valence-electron chi connectivity index (χ0n) is 14.2. The van der Waals surface area contributed by atoms with Crippen LogP contribution in [-0.2, 0) is 32.5 Å². The van der Waals surface area contributed by atoms with Crippen molar-refractivity contribution in [3.63, 3.8) is 0 Å². The first kappa shape index (κ1) is 17.6. The molecule has 3 heteroatoms. The van der Waals surface area contributed by atoms with Crippen molar-refractivity contribution >= 4 is 14.6 Å². The van der Waals surface area contributed by atoms with E-state index in [9.17, 15) is 4.79 Å². The normalized spacial score (nSPS) is 9.80. The Morgan fingerprint density at radius 1 is 0.680 bits per heavy atom. The summed E-state index contributed by atoms with van der Waals surface area (Å²) in [6.07, 6.45) is 0. The van der Waals surface area contributed by atoms with Gasteiger partial charge < -0.3 is 0 Å². The van der Waals surface area contributed by atoms with Crippen LogP contribution in [0.2, 0.25) is 0 Å². The average Bonchev–Trinajstić information content (AvgIpc) is 2.67. The van der Waals surface area contributed by atoms with Crippen LogP contribution in [0.15, 0.2) is 91.0 Å². The zero-order valence-corrected chi connectivity index (χ0v) is 19.7. The third-order valence-electron chi connectivity index (χ3n) is 3.97. The summed E-state index contributed by atoms with van der Waals surface area (Å²) >= 11 is -2.10. The molecule has 0 saturated heterocycles. The third kappa shape index (κ3) is 4.67. The Morgan fingerprint density at radius 3 is 1.48 bits per heavy atom. The van der Waals surface area contributed by atoms with E-state index in [0.29, 0.717) is 0 Å². The zero-order chi connectivity index (χ0) is 17.5. The fraction of sp³-hybridized carbons (Fsp3) is 0.0455. The Labute approximate surface area is 161 Å². The van der Waals surface area contributed by atoms with Crippen LogP contribution < -0.4 is 0 Å². The molecule has 25 heavy (non-hydrogen) atoms. The van der Waals surface area contributed by atoms with Crippen LogP contribution in [0.1, 0.15) is 23.6 Å². The summed E-state index contributed by atoms with van der Waals surface area (Å²) in [6.45, 7) is 1.49. The van der Waals surface area contributed by atoms with Gasteiger partial charge in [-0.05, 0) is 0 Å². The molecule has 0 fully saturated rings. The van der Waals surface area contributed by atoms with E-state index in [2.05, 4.69) is 36.4 Å². The molecule has 0 heterocycles. The molecule has 0 N–H and O–H groups in total. The van der Waals surface area contributed by atoms with Gasteiger partial charge in [0.05, 0.1) is 0 Å².